The standard InChI is InChI=1S/C21H25F2N3O5/c1-13(30-2)20(21(29)31-10-4-9-24)25-17(27)11-15-7-8-18(28)26(15)12-14-5-3-6-16(22)19(14)23/h3,5-6,13,15,20H,4,7-8,10-12H2,1-2H3,(H,25,27)/t13-,15+,20+/m1/s1. The monoisotopic (exact) mass is 437 g/mol. The average molecular weight is 437 g/mol. The molecular weight excluding hydrogens is 412 g/mol. The second-order valence-corrected chi connectivity index (χ2v) is 7.19. The number of amides is 2. The van der Waals surface area contributed by atoms with E-state index in [1.807, 2.05) is 6.07 Å². The molecule has 1 aliphatic heterocycles. The van der Waals surface area contributed by atoms with E-state index in [0.29, 0.717) is 6.42 Å². The summed E-state index contributed by atoms with van der Waals surface area (Å²) in [7, 11) is 1.37. The predicted octanol–water partition coefficient (Wildman–Crippen LogP) is 1.82. The molecule has 0 saturated carbocycles. The van der Waals surface area contributed by atoms with Crippen LogP contribution < -0.4 is 5.32 Å². The molecule has 2 amide bonds. The number of carbonyl (C=O) groups is 3. The number of hydrogen-bond donors (Lipinski definition) is 1. The summed E-state index contributed by atoms with van der Waals surface area (Å²) in [6.07, 6.45) is -0.241. The molecule has 0 aromatic heterocycles. The van der Waals surface area contributed by atoms with Gasteiger partial charge in [-0.15, -0.1) is 0 Å². The van der Waals surface area contributed by atoms with Crippen LogP contribution in [-0.4, -0.2) is 54.6 Å². The first-order chi connectivity index (χ1) is 14.8. The summed E-state index contributed by atoms with van der Waals surface area (Å²) >= 11 is 0. The van der Waals surface area contributed by atoms with Gasteiger partial charge in [0.25, 0.3) is 0 Å². The quantitative estimate of drug-likeness (QED) is 0.442. The van der Waals surface area contributed by atoms with Crippen molar-refractivity contribution in [1.82, 2.24) is 10.2 Å². The summed E-state index contributed by atoms with van der Waals surface area (Å²) in [5.74, 6) is -3.56. The van der Waals surface area contributed by atoms with Gasteiger partial charge in [-0.05, 0) is 19.4 Å². The van der Waals surface area contributed by atoms with Crippen molar-refractivity contribution < 1.29 is 32.6 Å². The summed E-state index contributed by atoms with van der Waals surface area (Å²) in [4.78, 5) is 38.4. The summed E-state index contributed by atoms with van der Waals surface area (Å²) in [6, 6.07) is 3.95. The van der Waals surface area contributed by atoms with Crippen LogP contribution in [0.25, 0.3) is 0 Å². The number of ether oxygens (including phenoxy) is 2. The van der Waals surface area contributed by atoms with Crippen LogP contribution in [0.1, 0.15) is 38.2 Å². The molecular formula is C21H25F2N3O5. The molecule has 0 spiro atoms. The van der Waals surface area contributed by atoms with Gasteiger partial charge >= 0.3 is 5.97 Å². The van der Waals surface area contributed by atoms with Crippen molar-refractivity contribution in [3.05, 3.63) is 35.4 Å². The molecule has 8 nitrogen and oxygen atoms in total. The van der Waals surface area contributed by atoms with Gasteiger partial charge in [-0.3, -0.25) is 9.59 Å². The third-order valence-corrected chi connectivity index (χ3v) is 5.12. The van der Waals surface area contributed by atoms with Gasteiger partial charge in [0.2, 0.25) is 11.8 Å². The third-order valence-electron chi connectivity index (χ3n) is 5.12. The molecule has 168 valence electrons. The van der Waals surface area contributed by atoms with Gasteiger partial charge in [0, 0.05) is 38.1 Å². The predicted molar refractivity (Wildman–Crippen MR) is 104 cm³/mol. The lowest BCUT2D eigenvalue weighted by Crippen LogP contribution is -2.50. The zero-order valence-electron chi connectivity index (χ0n) is 17.4. The molecule has 2 rings (SSSR count). The molecule has 10 heteroatoms. The number of carbonyl (C=O) groups excluding carboxylic acids is 3. The Bertz CT molecular complexity index is 858. The smallest absolute Gasteiger partial charge is 0.331 e. The van der Waals surface area contributed by atoms with E-state index in [4.69, 9.17) is 14.7 Å². The molecule has 1 saturated heterocycles. The largest absolute Gasteiger partial charge is 0.463 e. The first kappa shape index (κ1) is 24.2. The molecule has 0 unspecified atom stereocenters. The van der Waals surface area contributed by atoms with E-state index in [9.17, 15) is 23.2 Å². The highest BCUT2D eigenvalue weighted by molar-refractivity contribution is 5.86. The molecule has 1 N–H and O–H groups in total. The zero-order valence-corrected chi connectivity index (χ0v) is 17.4. The number of benzene rings is 1. The number of esters is 1. The maximum atomic E-state index is 14.0. The van der Waals surface area contributed by atoms with Crippen LogP contribution in [0, 0.1) is 23.0 Å². The lowest BCUT2D eigenvalue weighted by atomic mass is 10.1. The summed E-state index contributed by atoms with van der Waals surface area (Å²) in [6.45, 7) is 1.31. The number of nitrogens with zero attached hydrogens (tertiary/aromatic N) is 2. The molecule has 1 aliphatic rings. The molecule has 0 radical (unpaired) electrons. The first-order valence-electron chi connectivity index (χ1n) is 9.86. The van der Waals surface area contributed by atoms with Crippen LogP contribution in [0.4, 0.5) is 8.78 Å². The van der Waals surface area contributed by atoms with E-state index < -0.39 is 41.7 Å². The van der Waals surface area contributed by atoms with Crippen LogP contribution in [0.15, 0.2) is 18.2 Å². The van der Waals surface area contributed by atoms with Crippen molar-refractivity contribution in [2.45, 2.75) is 57.3 Å². The number of methoxy groups -OCH3 is 1. The second kappa shape index (κ2) is 11.4. The van der Waals surface area contributed by atoms with Crippen molar-refractivity contribution >= 4 is 17.8 Å². The van der Waals surface area contributed by atoms with Crippen LogP contribution >= 0.6 is 0 Å². The van der Waals surface area contributed by atoms with Gasteiger partial charge in [-0.1, -0.05) is 12.1 Å². The Morgan fingerprint density at radius 3 is 2.81 bits per heavy atom. The molecule has 0 bridgehead atoms. The summed E-state index contributed by atoms with van der Waals surface area (Å²) < 4.78 is 37.6. The van der Waals surface area contributed by atoms with Crippen LogP contribution in [0.3, 0.4) is 0 Å². The minimum Gasteiger partial charge on any atom is -0.463 e. The van der Waals surface area contributed by atoms with Gasteiger partial charge in [-0.25, -0.2) is 13.6 Å². The van der Waals surface area contributed by atoms with Gasteiger partial charge in [0.05, 0.1) is 18.6 Å². The van der Waals surface area contributed by atoms with E-state index in [1.165, 1.54) is 24.1 Å². The summed E-state index contributed by atoms with van der Waals surface area (Å²) in [5.41, 5.74) is 0.0209. The Balaban J connectivity index is 2.04. The molecule has 0 aliphatic carbocycles. The van der Waals surface area contributed by atoms with Crippen LogP contribution in [-0.2, 0) is 30.4 Å². The van der Waals surface area contributed by atoms with Crippen molar-refractivity contribution in [2.24, 2.45) is 0 Å². The normalized spacial score (nSPS) is 17.7. The number of likely N-dealkylation sites (tertiary alicyclic amines) is 1. The topological polar surface area (TPSA) is 109 Å². The zero-order chi connectivity index (χ0) is 23.0. The van der Waals surface area contributed by atoms with Gasteiger partial charge in [0.15, 0.2) is 17.7 Å². The SMILES string of the molecule is CO[C@H](C)[C@H](NC(=O)C[C@@H]1CCC(=O)N1Cc1cccc(F)c1F)C(=O)OCCC#N. The maximum absolute atomic E-state index is 14.0. The molecule has 1 heterocycles. The van der Waals surface area contributed by atoms with Crippen molar-refractivity contribution in [1.29, 1.82) is 5.26 Å². The van der Waals surface area contributed by atoms with Gasteiger partial charge < -0.3 is 19.7 Å². The van der Waals surface area contributed by atoms with E-state index in [2.05, 4.69) is 5.32 Å². The first-order valence-corrected chi connectivity index (χ1v) is 9.86. The second-order valence-electron chi connectivity index (χ2n) is 7.19. The number of nitriles is 1. The van der Waals surface area contributed by atoms with E-state index in [-0.39, 0.29) is 43.9 Å². The number of hydrogen-bond acceptors (Lipinski definition) is 6. The van der Waals surface area contributed by atoms with Crippen molar-refractivity contribution in [3.8, 4) is 6.07 Å². The Kier molecular flexibility index (Phi) is 8.88. The maximum Gasteiger partial charge on any atom is 0.331 e. The Labute approximate surface area is 179 Å². The fraction of sp³-hybridized carbons (Fsp3) is 0.524. The number of nitrogens with one attached hydrogen (secondary N) is 1. The van der Waals surface area contributed by atoms with E-state index in [0.717, 1.165) is 6.07 Å². The van der Waals surface area contributed by atoms with Crippen molar-refractivity contribution in [2.75, 3.05) is 13.7 Å². The van der Waals surface area contributed by atoms with Crippen LogP contribution in [0.2, 0.25) is 0 Å². The minimum atomic E-state index is -1.09. The average Bonchev–Trinajstić information content (AvgIpc) is 3.08. The molecule has 31 heavy (non-hydrogen) atoms. The van der Waals surface area contributed by atoms with E-state index in [1.54, 1.807) is 6.92 Å². The lowest BCUT2D eigenvalue weighted by molar-refractivity contribution is -0.151. The van der Waals surface area contributed by atoms with Gasteiger partial charge in [0.1, 0.15) is 6.61 Å². The number of halogens is 2. The summed E-state index contributed by atoms with van der Waals surface area (Å²) in [5, 5.41) is 11.1. The Morgan fingerprint density at radius 2 is 2.13 bits per heavy atom. The van der Waals surface area contributed by atoms with E-state index >= 15 is 0 Å². The van der Waals surface area contributed by atoms with Crippen LogP contribution in [0.5, 0.6) is 0 Å². The highest BCUT2D eigenvalue weighted by Gasteiger charge is 2.35. The molecule has 1 fully saturated rings. The van der Waals surface area contributed by atoms with Gasteiger partial charge in [-0.2, -0.15) is 5.26 Å². The van der Waals surface area contributed by atoms with Crippen molar-refractivity contribution in [3.63, 3.8) is 0 Å². The fourth-order valence-electron chi connectivity index (χ4n) is 3.31. The Hall–Kier alpha value is -3.06. The number of rotatable bonds is 10. The highest BCUT2D eigenvalue weighted by Crippen LogP contribution is 2.25. The molecule has 3 atom stereocenters. The molecule has 1 aromatic rings. The fourth-order valence-corrected chi connectivity index (χ4v) is 3.31. The highest BCUT2D eigenvalue weighted by atomic mass is 19.2. The third kappa shape index (κ3) is 6.46. The Morgan fingerprint density at radius 1 is 1.39 bits per heavy atom. The minimum absolute atomic E-state index is 0.0174. The lowest BCUT2D eigenvalue weighted by Gasteiger charge is -2.27. The molecule has 1 aromatic carbocycles.